The lowest BCUT2D eigenvalue weighted by Crippen LogP contribution is -2.34. The maximum absolute atomic E-state index is 5.63. The van der Waals surface area contributed by atoms with Gasteiger partial charge in [-0.2, -0.15) is 0 Å². The van der Waals surface area contributed by atoms with Gasteiger partial charge < -0.3 is 9.64 Å². The molecular formula is C11H22BrNO. The van der Waals surface area contributed by atoms with Gasteiger partial charge in [0.1, 0.15) is 0 Å². The highest BCUT2D eigenvalue weighted by atomic mass is 79.9. The number of rotatable bonds is 4. The van der Waals surface area contributed by atoms with Gasteiger partial charge in [0.25, 0.3) is 0 Å². The summed E-state index contributed by atoms with van der Waals surface area (Å²) in [7, 11) is 0. The maximum Gasteiger partial charge on any atom is 0.0673 e. The molecule has 2 atom stereocenters. The van der Waals surface area contributed by atoms with E-state index >= 15 is 0 Å². The Bertz CT molecular complexity index is 150. The van der Waals surface area contributed by atoms with Crippen molar-refractivity contribution in [3.05, 3.63) is 0 Å². The van der Waals surface area contributed by atoms with Crippen LogP contribution in [0.15, 0.2) is 0 Å². The van der Waals surface area contributed by atoms with E-state index in [0.29, 0.717) is 6.10 Å². The molecule has 2 nitrogen and oxygen atoms in total. The van der Waals surface area contributed by atoms with Crippen molar-refractivity contribution in [3.8, 4) is 0 Å². The molecule has 0 saturated carbocycles. The van der Waals surface area contributed by atoms with Gasteiger partial charge in [-0.3, -0.25) is 0 Å². The standard InChI is InChI=1S/C11H22BrNO/c1-3-11(7-12)9-13-5-4-6-14-10(2)8-13/h10-11H,3-9H2,1-2H3. The van der Waals surface area contributed by atoms with Gasteiger partial charge in [0, 0.05) is 31.6 Å². The van der Waals surface area contributed by atoms with E-state index in [1.165, 1.54) is 25.9 Å². The molecule has 1 saturated heterocycles. The zero-order chi connectivity index (χ0) is 10.4. The van der Waals surface area contributed by atoms with Gasteiger partial charge in [0.2, 0.25) is 0 Å². The fourth-order valence-corrected chi connectivity index (χ4v) is 2.56. The molecule has 1 rings (SSSR count). The van der Waals surface area contributed by atoms with Crippen LogP contribution in [0.3, 0.4) is 0 Å². The van der Waals surface area contributed by atoms with E-state index in [1.54, 1.807) is 0 Å². The topological polar surface area (TPSA) is 12.5 Å². The molecule has 14 heavy (non-hydrogen) atoms. The molecule has 0 N–H and O–H groups in total. The third kappa shape index (κ3) is 4.28. The summed E-state index contributed by atoms with van der Waals surface area (Å²) in [6.45, 7) is 8.90. The zero-order valence-electron chi connectivity index (χ0n) is 9.34. The van der Waals surface area contributed by atoms with E-state index in [9.17, 15) is 0 Å². The third-order valence-electron chi connectivity index (χ3n) is 2.85. The first-order valence-corrected chi connectivity index (χ1v) is 6.78. The minimum absolute atomic E-state index is 0.408. The highest BCUT2D eigenvalue weighted by molar-refractivity contribution is 9.09. The quantitative estimate of drug-likeness (QED) is 0.723. The molecule has 0 bridgehead atoms. The van der Waals surface area contributed by atoms with E-state index in [0.717, 1.165) is 24.4 Å². The first-order valence-electron chi connectivity index (χ1n) is 5.66. The first-order chi connectivity index (χ1) is 6.76. The number of hydrogen-bond donors (Lipinski definition) is 0. The summed E-state index contributed by atoms with van der Waals surface area (Å²) in [5.41, 5.74) is 0. The predicted octanol–water partition coefficient (Wildman–Crippen LogP) is 2.52. The Balaban J connectivity index is 2.33. The second-order valence-electron chi connectivity index (χ2n) is 4.22. The highest BCUT2D eigenvalue weighted by Gasteiger charge is 2.17. The predicted molar refractivity (Wildman–Crippen MR) is 64.0 cm³/mol. The van der Waals surface area contributed by atoms with E-state index in [-0.39, 0.29) is 0 Å². The third-order valence-corrected chi connectivity index (χ3v) is 3.76. The second-order valence-corrected chi connectivity index (χ2v) is 4.87. The molecule has 0 aromatic heterocycles. The van der Waals surface area contributed by atoms with Crippen LogP contribution in [0.25, 0.3) is 0 Å². The Hall–Kier alpha value is 0.400. The molecule has 0 aromatic rings. The largest absolute Gasteiger partial charge is 0.377 e. The van der Waals surface area contributed by atoms with Crippen LogP contribution in [0, 0.1) is 5.92 Å². The van der Waals surface area contributed by atoms with Crippen LogP contribution in [0.5, 0.6) is 0 Å². The summed E-state index contributed by atoms with van der Waals surface area (Å²) in [6.07, 6.45) is 2.85. The van der Waals surface area contributed by atoms with Gasteiger partial charge in [0.05, 0.1) is 6.10 Å². The van der Waals surface area contributed by atoms with Crippen LogP contribution in [-0.4, -0.2) is 42.6 Å². The Kier molecular flexibility index (Phi) is 6.06. The summed E-state index contributed by atoms with van der Waals surface area (Å²) in [4.78, 5) is 2.55. The first kappa shape index (κ1) is 12.5. The van der Waals surface area contributed by atoms with Crippen LogP contribution in [0.4, 0.5) is 0 Å². The Morgan fingerprint density at radius 1 is 1.57 bits per heavy atom. The van der Waals surface area contributed by atoms with Crippen molar-refractivity contribution in [1.29, 1.82) is 0 Å². The molecule has 0 aliphatic carbocycles. The molecule has 1 fully saturated rings. The molecule has 0 radical (unpaired) electrons. The normalized spacial score (nSPS) is 27.2. The smallest absolute Gasteiger partial charge is 0.0673 e. The van der Waals surface area contributed by atoms with E-state index in [4.69, 9.17) is 4.74 Å². The summed E-state index contributed by atoms with van der Waals surface area (Å²) in [6, 6.07) is 0. The lowest BCUT2D eigenvalue weighted by atomic mass is 10.1. The van der Waals surface area contributed by atoms with Crippen LogP contribution in [0.2, 0.25) is 0 Å². The van der Waals surface area contributed by atoms with E-state index < -0.39 is 0 Å². The number of hydrogen-bond acceptors (Lipinski definition) is 2. The minimum atomic E-state index is 0.408. The maximum atomic E-state index is 5.63. The van der Waals surface area contributed by atoms with Crippen LogP contribution < -0.4 is 0 Å². The average molecular weight is 264 g/mol. The molecule has 2 unspecified atom stereocenters. The Labute approximate surface area is 96.1 Å². The second kappa shape index (κ2) is 6.81. The van der Waals surface area contributed by atoms with Crippen LogP contribution >= 0.6 is 15.9 Å². The van der Waals surface area contributed by atoms with E-state index in [1.807, 2.05) is 0 Å². The summed E-state index contributed by atoms with van der Waals surface area (Å²) < 4.78 is 5.63. The van der Waals surface area contributed by atoms with Gasteiger partial charge in [-0.25, -0.2) is 0 Å². The molecular weight excluding hydrogens is 242 g/mol. The average Bonchev–Trinajstić information content (AvgIpc) is 2.39. The van der Waals surface area contributed by atoms with Gasteiger partial charge in [-0.05, 0) is 19.3 Å². The van der Waals surface area contributed by atoms with Crippen LogP contribution in [0.1, 0.15) is 26.7 Å². The van der Waals surface area contributed by atoms with Crippen molar-refractivity contribution in [3.63, 3.8) is 0 Å². The number of alkyl halides is 1. The van der Waals surface area contributed by atoms with Gasteiger partial charge in [-0.15, -0.1) is 0 Å². The molecule has 0 aromatic carbocycles. The Morgan fingerprint density at radius 3 is 3.00 bits per heavy atom. The molecule has 84 valence electrons. The van der Waals surface area contributed by atoms with Gasteiger partial charge in [-0.1, -0.05) is 29.3 Å². The summed E-state index contributed by atoms with van der Waals surface area (Å²) >= 11 is 3.58. The number of halogens is 1. The number of ether oxygens (including phenoxy) is 1. The number of nitrogens with zero attached hydrogens (tertiary/aromatic N) is 1. The summed E-state index contributed by atoms with van der Waals surface area (Å²) in [5.74, 6) is 0.792. The minimum Gasteiger partial charge on any atom is -0.377 e. The molecule has 1 heterocycles. The molecule has 1 aliphatic heterocycles. The fraction of sp³-hybridized carbons (Fsp3) is 1.00. The van der Waals surface area contributed by atoms with Crippen molar-refractivity contribution in [1.82, 2.24) is 4.90 Å². The van der Waals surface area contributed by atoms with Crippen molar-refractivity contribution in [2.24, 2.45) is 5.92 Å². The molecule has 3 heteroatoms. The van der Waals surface area contributed by atoms with Crippen molar-refractivity contribution in [2.45, 2.75) is 32.8 Å². The SMILES string of the molecule is CCC(CBr)CN1CCCOC(C)C1. The lowest BCUT2D eigenvalue weighted by Gasteiger charge is -2.25. The van der Waals surface area contributed by atoms with Gasteiger partial charge >= 0.3 is 0 Å². The van der Waals surface area contributed by atoms with Crippen molar-refractivity contribution < 1.29 is 4.74 Å². The van der Waals surface area contributed by atoms with Crippen molar-refractivity contribution in [2.75, 3.05) is 31.6 Å². The lowest BCUT2D eigenvalue weighted by molar-refractivity contribution is 0.0659. The monoisotopic (exact) mass is 263 g/mol. The Morgan fingerprint density at radius 2 is 2.36 bits per heavy atom. The van der Waals surface area contributed by atoms with Crippen LogP contribution in [-0.2, 0) is 4.74 Å². The van der Waals surface area contributed by atoms with E-state index in [2.05, 4.69) is 34.7 Å². The highest BCUT2D eigenvalue weighted by Crippen LogP contribution is 2.12. The van der Waals surface area contributed by atoms with Gasteiger partial charge in [0.15, 0.2) is 0 Å². The summed E-state index contributed by atoms with van der Waals surface area (Å²) in [5, 5.41) is 1.12. The molecule has 0 spiro atoms. The van der Waals surface area contributed by atoms with Crippen molar-refractivity contribution >= 4 is 15.9 Å². The zero-order valence-corrected chi connectivity index (χ0v) is 10.9. The molecule has 0 amide bonds. The fourth-order valence-electron chi connectivity index (χ4n) is 1.90. The molecule has 1 aliphatic rings.